The maximum absolute atomic E-state index is 13.0. The number of hydrogen-bond acceptors (Lipinski definition) is 3. The molecule has 22 heavy (non-hydrogen) atoms. The Bertz CT molecular complexity index is 736. The summed E-state index contributed by atoms with van der Waals surface area (Å²) >= 11 is 0. The lowest BCUT2D eigenvalue weighted by Gasteiger charge is -2.24. The van der Waals surface area contributed by atoms with Gasteiger partial charge < -0.3 is 9.47 Å². The maximum Gasteiger partial charge on any atom is 0.180 e. The Labute approximate surface area is 129 Å². The average Bonchev–Trinajstić information content (AvgIpc) is 3.23. The summed E-state index contributed by atoms with van der Waals surface area (Å²) in [5.74, 6) is 1.56. The van der Waals surface area contributed by atoms with Gasteiger partial charge in [0, 0.05) is 12.5 Å². The number of Topliss-reactive ketones (excluding diaryl/α,β-unsaturated/α-hetero) is 1. The fourth-order valence-corrected chi connectivity index (χ4v) is 3.31. The Morgan fingerprint density at radius 3 is 2.68 bits per heavy atom. The van der Waals surface area contributed by atoms with Gasteiger partial charge in [-0.2, -0.15) is 0 Å². The van der Waals surface area contributed by atoms with E-state index in [0.29, 0.717) is 11.3 Å². The first-order chi connectivity index (χ1) is 10.6. The maximum atomic E-state index is 13.0. The molecule has 0 spiro atoms. The minimum Gasteiger partial charge on any atom is -0.491 e. The molecule has 2 aromatic rings. The van der Waals surface area contributed by atoms with Crippen molar-refractivity contribution in [2.45, 2.75) is 37.9 Å². The summed E-state index contributed by atoms with van der Waals surface area (Å²) in [6, 6.07) is 15.5. The number of ether oxygens (including phenoxy) is 2. The summed E-state index contributed by atoms with van der Waals surface area (Å²) in [5.41, 5.74) is 1.24. The van der Waals surface area contributed by atoms with Gasteiger partial charge in [-0.3, -0.25) is 4.79 Å². The highest BCUT2D eigenvalue weighted by molar-refractivity contribution is 6.10. The van der Waals surface area contributed by atoms with Crippen molar-refractivity contribution in [3.05, 3.63) is 59.7 Å². The first kappa shape index (κ1) is 13.4. The topological polar surface area (TPSA) is 35.5 Å². The van der Waals surface area contributed by atoms with Gasteiger partial charge in [-0.1, -0.05) is 30.3 Å². The van der Waals surface area contributed by atoms with Crippen LogP contribution in [0.3, 0.4) is 0 Å². The molecule has 0 unspecified atom stereocenters. The summed E-state index contributed by atoms with van der Waals surface area (Å²) in [7, 11) is 0. The molecule has 112 valence electrons. The third-order valence-electron chi connectivity index (χ3n) is 4.43. The van der Waals surface area contributed by atoms with Gasteiger partial charge in [-0.25, -0.2) is 0 Å². The number of carbonyl (C=O) groups is 1. The Kier molecular flexibility index (Phi) is 2.80. The highest BCUT2D eigenvalue weighted by Gasteiger charge is 2.65. The first-order valence-corrected chi connectivity index (χ1v) is 7.69. The van der Waals surface area contributed by atoms with Gasteiger partial charge in [0.25, 0.3) is 0 Å². The summed E-state index contributed by atoms with van der Waals surface area (Å²) in [5, 5.41) is 0. The molecule has 0 radical (unpaired) electrons. The van der Waals surface area contributed by atoms with Gasteiger partial charge in [-0.15, -0.1) is 0 Å². The predicted molar refractivity (Wildman–Crippen MR) is 83.7 cm³/mol. The molecule has 1 heterocycles. The number of benzene rings is 2. The predicted octanol–water partition coefficient (Wildman–Crippen LogP) is 3.76. The third-order valence-corrected chi connectivity index (χ3v) is 4.43. The van der Waals surface area contributed by atoms with Crippen LogP contribution >= 0.6 is 0 Å². The highest BCUT2D eigenvalue weighted by atomic mass is 16.5. The fraction of sp³-hybridized carbons (Fsp3) is 0.316. The molecule has 1 aliphatic carbocycles. The van der Waals surface area contributed by atoms with E-state index in [9.17, 15) is 4.79 Å². The molecular formula is C19H18O3. The van der Waals surface area contributed by atoms with Crippen molar-refractivity contribution in [2.75, 3.05) is 0 Å². The minimum atomic E-state index is -0.477. The number of hydrogen-bond donors (Lipinski definition) is 0. The zero-order valence-electron chi connectivity index (χ0n) is 12.7. The molecule has 0 aromatic heterocycles. The quantitative estimate of drug-likeness (QED) is 0.864. The molecule has 3 heteroatoms. The van der Waals surface area contributed by atoms with Crippen LogP contribution in [-0.4, -0.2) is 18.0 Å². The van der Waals surface area contributed by atoms with E-state index in [1.54, 1.807) is 0 Å². The van der Waals surface area contributed by atoms with Crippen molar-refractivity contribution in [1.82, 2.24) is 0 Å². The van der Waals surface area contributed by atoms with Crippen LogP contribution in [0.25, 0.3) is 0 Å². The van der Waals surface area contributed by atoms with Crippen molar-refractivity contribution in [2.24, 2.45) is 0 Å². The van der Waals surface area contributed by atoms with Crippen molar-refractivity contribution in [3.63, 3.8) is 0 Å². The van der Waals surface area contributed by atoms with Crippen LogP contribution in [0.5, 0.6) is 11.5 Å². The van der Waals surface area contributed by atoms with Gasteiger partial charge in [0.05, 0.1) is 17.1 Å². The van der Waals surface area contributed by atoms with Crippen LogP contribution in [-0.2, 0) is 5.41 Å². The second kappa shape index (κ2) is 4.60. The fourth-order valence-electron chi connectivity index (χ4n) is 3.31. The molecule has 0 amide bonds. The molecule has 3 nitrogen and oxygen atoms in total. The summed E-state index contributed by atoms with van der Waals surface area (Å²) in [4.78, 5) is 13.0. The number of fused-ring (bicyclic) bond motifs is 2. The summed E-state index contributed by atoms with van der Waals surface area (Å²) in [6.45, 7) is 3.96. The Hall–Kier alpha value is -2.29. The zero-order chi connectivity index (χ0) is 15.3. The van der Waals surface area contributed by atoms with Crippen molar-refractivity contribution < 1.29 is 14.3 Å². The van der Waals surface area contributed by atoms with E-state index in [1.807, 2.05) is 62.4 Å². The van der Waals surface area contributed by atoms with Crippen LogP contribution in [0.1, 0.15) is 36.2 Å². The van der Waals surface area contributed by atoms with Crippen LogP contribution in [0, 0.1) is 0 Å². The molecule has 1 aliphatic heterocycles. The third kappa shape index (κ3) is 1.85. The lowest BCUT2D eigenvalue weighted by molar-refractivity contribution is 0.0888. The van der Waals surface area contributed by atoms with E-state index < -0.39 is 5.41 Å². The van der Waals surface area contributed by atoms with Crippen molar-refractivity contribution >= 4 is 5.78 Å². The normalized spacial score (nSPS) is 25.2. The first-order valence-electron chi connectivity index (χ1n) is 7.69. The van der Waals surface area contributed by atoms with Crippen LogP contribution in [0.2, 0.25) is 0 Å². The molecular weight excluding hydrogens is 276 g/mol. The molecule has 4 rings (SSSR count). The molecule has 2 aromatic carbocycles. The summed E-state index contributed by atoms with van der Waals surface area (Å²) < 4.78 is 11.7. The largest absolute Gasteiger partial charge is 0.491 e. The van der Waals surface area contributed by atoms with E-state index in [2.05, 4.69) is 0 Å². The second-order valence-electron chi connectivity index (χ2n) is 6.30. The number of ketones is 1. The molecule has 0 N–H and O–H groups in total. The van der Waals surface area contributed by atoms with E-state index in [-0.39, 0.29) is 18.0 Å². The van der Waals surface area contributed by atoms with E-state index >= 15 is 0 Å². The minimum absolute atomic E-state index is 0.0517. The molecule has 1 saturated carbocycles. The molecule has 1 fully saturated rings. The van der Waals surface area contributed by atoms with E-state index in [1.165, 1.54) is 0 Å². The lowest BCUT2D eigenvalue weighted by atomic mass is 9.85. The number of rotatable bonds is 3. The highest BCUT2D eigenvalue weighted by Crippen LogP contribution is 2.57. The molecule has 2 atom stereocenters. The van der Waals surface area contributed by atoms with Crippen LogP contribution in [0.15, 0.2) is 48.5 Å². The van der Waals surface area contributed by atoms with Crippen molar-refractivity contribution in [1.29, 1.82) is 0 Å². The van der Waals surface area contributed by atoms with Gasteiger partial charge in [0.15, 0.2) is 5.78 Å². The second-order valence-corrected chi connectivity index (χ2v) is 6.30. The van der Waals surface area contributed by atoms with Crippen molar-refractivity contribution in [3.8, 4) is 11.5 Å². The number of carbonyl (C=O) groups excluding carboxylic acids is 1. The van der Waals surface area contributed by atoms with Crippen LogP contribution < -0.4 is 9.47 Å². The summed E-state index contributed by atoms with van der Waals surface area (Å²) in [6.07, 6.45) is 0.802. The standard InChI is InChI=1S/C19H18O3/c1-12(2)21-14-8-9-15-16(10-14)22-17-11-19(17,18(15)20)13-6-4-3-5-7-13/h3-10,12,17H,11H2,1-2H3/t17-,19-/m1/s1. The molecule has 0 saturated heterocycles. The van der Waals surface area contributed by atoms with E-state index in [0.717, 1.165) is 17.7 Å². The van der Waals surface area contributed by atoms with Gasteiger partial charge >= 0.3 is 0 Å². The van der Waals surface area contributed by atoms with Crippen LogP contribution in [0.4, 0.5) is 0 Å². The van der Waals surface area contributed by atoms with E-state index in [4.69, 9.17) is 9.47 Å². The smallest absolute Gasteiger partial charge is 0.180 e. The average molecular weight is 294 g/mol. The zero-order valence-corrected chi connectivity index (χ0v) is 12.7. The van der Waals surface area contributed by atoms with Gasteiger partial charge in [0.2, 0.25) is 0 Å². The Morgan fingerprint density at radius 1 is 1.18 bits per heavy atom. The van der Waals surface area contributed by atoms with Gasteiger partial charge in [-0.05, 0) is 31.5 Å². The monoisotopic (exact) mass is 294 g/mol. The Balaban J connectivity index is 1.72. The molecule has 0 bridgehead atoms. The lowest BCUT2D eigenvalue weighted by Crippen LogP contribution is -2.31. The van der Waals surface area contributed by atoms with Gasteiger partial charge in [0.1, 0.15) is 17.6 Å². The SMILES string of the molecule is CC(C)Oc1ccc2c(c1)O[C@@H]1C[C@]1(c1ccccc1)C2=O. The molecule has 2 aliphatic rings. The Morgan fingerprint density at radius 2 is 1.95 bits per heavy atom.